The molecule has 8 nitrogen and oxygen atoms in total. The van der Waals surface area contributed by atoms with Crippen LogP contribution in [0.15, 0.2) is 64.2 Å². The highest BCUT2D eigenvalue weighted by atomic mass is 16.5. The maximum absolute atomic E-state index is 13.4. The van der Waals surface area contributed by atoms with Crippen LogP contribution in [0.4, 0.5) is 11.5 Å². The van der Waals surface area contributed by atoms with E-state index < -0.39 is 17.2 Å². The van der Waals surface area contributed by atoms with Gasteiger partial charge in [-0.2, -0.15) is 0 Å². The van der Waals surface area contributed by atoms with Crippen molar-refractivity contribution in [1.29, 1.82) is 0 Å². The molecule has 8 heteroatoms. The van der Waals surface area contributed by atoms with Crippen molar-refractivity contribution in [2.24, 2.45) is 0 Å². The summed E-state index contributed by atoms with van der Waals surface area (Å²) in [4.78, 5) is 42.2. The van der Waals surface area contributed by atoms with E-state index in [-0.39, 0.29) is 18.1 Å². The average molecular weight is 461 g/mol. The number of nitrogen functional groups attached to an aromatic ring is 1. The number of ether oxygens (including phenoxy) is 1. The quantitative estimate of drug-likeness (QED) is 0.502. The molecule has 0 atom stereocenters. The van der Waals surface area contributed by atoms with Gasteiger partial charge in [0.2, 0.25) is 0 Å². The van der Waals surface area contributed by atoms with Crippen LogP contribution in [0, 0.1) is 0 Å². The summed E-state index contributed by atoms with van der Waals surface area (Å²) in [5, 5.41) is 0. The first kappa shape index (κ1) is 23.1. The lowest BCUT2D eigenvalue weighted by Gasteiger charge is -2.23. The smallest absolute Gasteiger partial charge is 0.330 e. The van der Waals surface area contributed by atoms with Crippen molar-refractivity contribution in [3.63, 3.8) is 0 Å². The maximum Gasteiger partial charge on any atom is 0.330 e. The zero-order valence-corrected chi connectivity index (χ0v) is 19.1. The van der Waals surface area contributed by atoms with Crippen LogP contribution in [0.3, 0.4) is 0 Å². The van der Waals surface area contributed by atoms with Gasteiger partial charge in [-0.25, -0.2) is 4.79 Å². The molecule has 0 bridgehead atoms. The van der Waals surface area contributed by atoms with Crippen molar-refractivity contribution in [3.8, 4) is 5.75 Å². The first-order chi connectivity index (χ1) is 16.5. The number of aromatic nitrogens is 2. The molecule has 3 aromatic rings. The van der Waals surface area contributed by atoms with Gasteiger partial charge in [0.25, 0.3) is 11.5 Å². The summed E-state index contributed by atoms with van der Waals surface area (Å²) in [6.07, 6.45) is 5.51. The van der Waals surface area contributed by atoms with E-state index >= 15 is 0 Å². The molecule has 0 aliphatic carbocycles. The zero-order chi connectivity index (χ0) is 24.1. The second kappa shape index (κ2) is 10.2. The van der Waals surface area contributed by atoms with E-state index in [2.05, 4.69) is 4.98 Å². The van der Waals surface area contributed by atoms with Crippen LogP contribution in [-0.2, 0) is 24.3 Å². The lowest BCUT2D eigenvalue weighted by Crippen LogP contribution is -2.40. The fraction of sp³-hybridized carbons (Fsp3) is 0.269. The predicted octanol–water partition coefficient (Wildman–Crippen LogP) is 3.10. The van der Waals surface area contributed by atoms with Crippen molar-refractivity contribution >= 4 is 23.5 Å². The second-order valence-corrected chi connectivity index (χ2v) is 8.21. The van der Waals surface area contributed by atoms with Crippen LogP contribution < -0.4 is 26.6 Å². The molecule has 176 valence electrons. The van der Waals surface area contributed by atoms with Gasteiger partial charge in [-0.1, -0.05) is 49.7 Å². The van der Waals surface area contributed by atoms with E-state index in [0.717, 1.165) is 35.3 Å². The standard InChI is InChI=1S/C26H28N4O4/c1-2-3-14-29-24(27)23(25(32)28-26(29)33)30(17-19-7-5-4-6-8-19)22(31)12-10-18-9-11-21-20(16-18)13-15-34-21/h4-12,16H,2-3,13-15,17,27H2,1H3,(H,28,32,33)/b12-10+. The number of amides is 1. The second-order valence-electron chi connectivity index (χ2n) is 8.21. The van der Waals surface area contributed by atoms with Gasteiger partial charge in [0.1, 0.15) is 11.6 Å². The highest BCUT2D eigenvalue weighted by molar-refractivity contribution is 6.05. The van der Waals surface area contributed by atoms with Crippen molar-refractivity contribution in [2.45, 2.75) is 39.3 Å². The Kier molecular flexibility index (Phi) is 6.96. The van der Waals surface area contributed by atoms with E-state index in [1.54, 1.807) is 6.08 Å². The van der Waals surface area contributed by atoms with Crippen LogP contribution in [0.25, 0.3) is 6.08 Å². The summed E-state index contributed by atoms with van der Waals surface area (Å²) >= 11 is 0. The lowest BCUT2D eigenvalue weighted by molar-refractivity contribution is -0.114. The number of nitrogens with two attached hydrogens (primary N) is 1. The Morgan fingerprint density at radius 2 is 2.00 bits per heavy atom. The van der Waals surface area contributed by atoms with E-state index in [0.29, 0.717) is 19.6 Å². The fourth-order valence-electron chi connectivity index (χ4n) is 3.98. The van der Waals surface area contributed by atoms with Gasteiger partial charge in [-0.3, -0.25) is 24.0 Å². The summed E-state index contributed by atoms with van der Waals surface area (Å²) < 4.78 is 6.85. The summed E-state index contributed by atoms with van der Waals surface area (Å²) in [5.41, 5.74) is 7.77. The molecule has 34 heavy (non-hydrogen) atoms. The molecule has 1 amide bonds. The molecule has 1 aliphatic rings. The number of fused-ring (bicyclic) bond motifs is 1. The van der Waals surface area contributed by atoms with Crippen LogP contribution in [0.5, 0.6) is 5.75 Å². The Labute approximate surface area is 197 Å². The number of anilines is 2. The van der Waals surface area contributed by atoms with Crippen LogP contribution in [0.1, 0.15) is 36.5 Å². The third kappa shape index (κ3) is 4.96. The van der Waals surface area contributed by atoms with Gasteiger partial charge in [0, 0.05) is 19.0 Å². The number of benzene rings is 2. The molecule has 2 aromatic carbocycles. The van der Waals surface area contributed by atoms with Crippen molar-refractivity contribution < 1.29 is 9.53 Å². The van der Waals surface area contributed by atoms with E-state index in [4.69, 9.17) is 10.5 Å². The number of carbonyl (C=O) groups excluding carboxylic acids is 1. The molecule has 2 heterocycles. The Bertz CT molecular complexity index is 1320. The van der Waals surface area contributed by atoms with Gasteiger partial charge in [0.05, 0.1) is 13.2 Å². The largest absolute Gasteiger partial charge is 0.493 e. The average Bonchev–Trinajstić information content (AvgIpc) is 3.30. The van der Waals surface area contributed by atoms with E-state index in [9.17, 15) is 14.4 Å². The van der Waals surface area contributed by atoms with E-state index in [1.807, 2.05) is 55.5 Å². The molecule has 0 unspecified atom stereocenters. The Hall–Kier alpha value is -4.07. The van der Waals surface area contributed by atoms with Crippen LogP contribution in [-0.4, -0.2) is 22.1 Å². The zero-order valence-electron chi connectivity index (χ0n) is 19.1. The lowest BCUT2D eigenvalue weighted by atomic mass is 10.1. The van der Waals surface area contributed by atoms with Gasteiger partial charge in [0.15, 0.2) is 5.69 Å². The molecule has 0 saturated heterocycles. The maximum atomic E-state index is 13.4. The monoisotopic (exact) mass is 460 g/mol. The number of nitrogens with one attached hydrogen (secondary N) is 1. The first-order valence-corrected chi connectivity index (χ1v) is 11.4. The number of nitrogens with zero attached hydrogens (tertiary/aromatic N) is 2. The molecule has 0 saturated carbocycles. The summed E-state index contributed by atoms with van der Waals surface area (Å²) in [6, 6.07) is 15.1. The molecule has 1 aliphatic heterocycles. The van der Waals surface area contributed by atoms with Crippen molar-refractivity contribution in [1.82, 2.24) is 9.55 Å². The molecule has 0 spiro atoms. The Morgan fingerprint density at radius 3 is 2.76 bits per heavy atom. The molecule has 1 aromatic heterocycles. The minimum atomic E-state index is -0.692. The van der Waals surface area contributed by atoms with Gasteiger partial charge >= 0.3 is 5.69 Å². The number of aromatic amines is 1. The molecule has 0 radical (unpaired) electrons. The number of rotatable bonds is 8. The molecule has 4 rings (SSSR count). The van der Waals surface area contributed by atoms with Crippen molar-refractivity contribution in [2.75, 3.05) is 17.2 Å². The first-order valence-electron chi connectivity index (χ1n) is 11.4. The summed E-state index contributed by atoms with van der Waals surface area (Å²) in [6.45, 7) is 3.13. The Balaban J connectivity index is 1.72. The highest BCUT2D eigenvalue weighted by Crippen LogP contribution is 2.26. The summed E-state index contributed by atoms with van der Waals surface area (Å²) in [5.74, 6) is 0.427. The van der Waals surface area contributed by atoms with Crippen molar-refractivity contribution in [3.05, 3.63) is 92.1 Å². The topological polar surface area (TPSA) is 110 Å². The third-order valence-electron chi connectivity index (χ3n) is 5.80. The number of carbonyl (C=O) groups is 1. The number of H-pyrrole nitrogens is 1. The van der Waals surface area contributed by atoms with Gasteiger partial charge in [-0.15, -0.1) is 0 Å². The third-order valence-corrected chi connectivity index (χ3v) is 5.80. The highest BCUT2D eigenvalue weighted by Gasteiger charge is 2.23. The molecular formula is C26H28N4O4. The van der Waals surface area contributed by atoms with Gasteiger partial charge in [-0.05, 0) is 41.3 Å². The predicted molar refractivity (Wildman–Crippen MR) is 133 cm³/mol. The minimum absolute atomic E-state index is 0.0189. The Morgan fingerprint density at radius 1 is 1.21 bits per heavy atom. The normalized spacial score (nSPS) is 12.5. The van der Waals surface area contributed by atoms with Crippen LogP contribution >= 0.6 is 0 Å². The van der Waals surface area contributed by atoms with Gasteiger partial charge < -0.3 is 10.5 Å². The fourth-order valence-corrected chi connectivity index (χ4v) is 3.98. The number of unbranched alkanes of at least 4 members (excludes halogenated alkanes) is 1. The number of hydrogen-bond acceptors (Lipinski definition) is 5. The SMILES string of the molecule is CCCCn1c(N)c(N(Cc2ccccc2)C(=O)/C=C/c2ccc3c(c2)CCO3)c(=O)[nH]c1=O. The molecular weight excluding hydrogens is 432 g/mol. The summed E-state index contributed by atoms with van der Waals surface area (Å²) in [7, 11) is 0. The number of hydrogen-bond donors (Lipinski definition) is 2. The molecule has 3 N–H and O–H groups in total. The molecule has 0 fully saturated rings. The minimum Gasteiger partial charge on any atom is -0.493 e. The van der Waals surface area contributed by atoms with E-state index in [1.165, 1.54) is 15.5 Å². The van der Waals surface area contributed by atoms with Crippen LogP contribution in [0.2, 0.25) is 0 Å².